The maximum Gasteiger partial charge on any atom is 0.288 e. The molecule has 3 aromatic rings. The monoisotopic (exact) mass is 436 g/mol. The Labute approximate surface area is 150 Å². The molecule has 2 heterocycles. The number of fused-ring (bicyclic) bond motifs is 1. The van der Waals surface area contributed by atoms with Crippen molar-refractivity contribution in [1.29, 1.82) is 5.26 Å². The number of ether oxygens (including phenoxy) is 1. The number of H-pyrrole nitrogens is 1. The highest BCUT2D eigenvalue weighted by atomic mass is 127. The molecule has 7 nitrogen and oxygen atoms in total. The van der Waals surface area contributed by atoms with E-state index >= 15 is 0 Å². The van der Waals surface area contributed by atoms with Crippen molar-refractivity contribution < 1.29 is 9.84 Å². The number of aromatic amines is 1. The van der Waals surface area contributed by atoms with Crippen molar-refractivity contribution >= 4 is 28.2 Å². The standard InChI is InChI=1S/C16H13IN4O3/c17-14-12(9-24-7-6-22)19-15-13(10-4-2-1-3-5-10)11(8-18)20-21(15)16(14)23/h1-5,19,22H,6-7,9H2. The van der Waals surface area contributed by atoms with Crippen LogP contribution in [-0.2, 0) is 11.3 Å². The van der Waals surface area contributed by atoms with Gasteiger partial charge in [0, 0.05) is 0 Å². The minimum Gasteiger partial charge on any atom is -0.394 e. The van der Waals surface area contributed by atoms with E-state index in [1.54, 1.807) is 0 Å². The third-order valence-electron chi connectivity index (χ3n) is 3.45. The highest BCUT2D eigenvalue weighted by Crippen LogP contribution is 2.27. The van der Waals surface area contributed by atoms with Gasteiger partial charge >= 0.3 is 0 Å². The van der Waals surface area contributed by atoms with Crippen LogP contribution in [0.25, 0.3) is 16.8 Å². The summed E-state index contributed by atoms with van der Waals surface area (Å²) in [5, 5.41) is 22.3. The number of aliphatic hydroxyl groups excluding tert-OH is 1. The van der Waals surface area contributed by atoms with Crippen LogP contribution in [0.1, 0.15) is 11.4 Å². The number of aliphatic hydroxyl groups is 1. The van der Waals surface area contributed by atoms with E-state index in [1.807, 2.05) is 59.0 Å². The van der Waals surface area contributed by atoms with Gasteiger partial charge in [-0.2, -0.15) is 14.9 Å². The highest BCUT2D eigenvalue weighted by Gasteiger charge is 2.19. The van der Waals surface area contributed by atoms with E-state index in [1.165, 1.54) is 4.52 Å². The van der Waals surface area contributed by atoms with Crippen molar-refractivity contribution in [2.45, 2.75) is 6.61 Å². The summed E-state index contributed by atoms with van der Waals surface area (Å²) in [7, 11) is 0. The molecule has 0 saturated heterocycles. The molecule has 2 N–H and O–H groups in total. The van der Waals surface area contributed by atoms with Gasteiger partial charge in [0.05, 0.1) is 31.1 Å². The van der Waals surface area contributed by atoms with Crippen LogP contribution in [0.15, 0.2) is 35.1 Å². The van der Waals surface area contributed by atoms with Crippen LogP contribution in [0.5, 0.6) is 0 Å². The molecule has 0 aliphatic carbocycles. The molecule has 24 heavy (non-hydrogen) atoms. The summed E-state index contributed by atoms with van der Waals surface area (Å²) in [6.07, 6.45) is 0. The van der Waals surface area contributed by atoms with Gasteiger partial charge < -0.3 is 14.8 Å². The molecule has 0 spiro atoms. The van der Waals surface area contributed by atoms with Gasteiger partial charge in [-0.3, -0.25) is 4.79 Å². The first-order valence-corrected chi connectivity index (χ1v) is 8.22. The van der Waals surface area contributed by atoms with Crippen LogP contribution in [0, 0.1) is 14.9 Å². The Balaban J connectivity index is 2.24. The first kappa shape index (κ1) is 16.6. The van der Waals surface area contributed by atoms with Crippen molar-refractivity contribution in [3.8, 4) is 17.2 Å². The van der Waals surface area contributed by atoms with Crippen LogP contribution in [-0.4, -0.2) is 32.9 Å². The number of rotatable bonds is 5. The van der Waals surface area contributed by atoms with Gasteiger partial charge in [0.2, 0.25) is 0 Å². The van der Waals surface area contributed by atoms with Crippen molar-refractivity contribution in [2.24, 2.45) is 0 Å². The number of aromatic nitrogens is 3. The third-order valence-corrected chi connectivity index (χ3v) is 4.56. The summed E-state index contributed by atoms with van der Waals surface area (Å²) in [5.41, 5.74) is 2.27. The highest BCUT2D eigenvalue weighted by molar-refractivity contribution is 14.1. The minimum atomic E-state index is -0.314. The molecule has 0 aliphatic rings. The normalized spacial score (nSPS) is 10.9. The molecule has 1 aromatic carbocycles. The SMILES string of the molecule is N#Cc1nn2c(=O)c(I)c(COCCO)[nH]c2c1-c1ccccc1. The smallest absolute Gasteiger partial charge is 0.288 e. The fraction of sp³-hybridized carbons (Fsp3) is 0.188. The predicted octanol–water partition coefficient (Wildman–Crippen LogP) is 1.67. The van der Waals surface area contributed by atoms with E-state index in [2.05, 4.69) is 10.1 Å². The van der Waals surface area contributed by atoms with Crippen LogP contribution < -0.4 is 5.56 Å². The Kier molecular flexibility index (Phi) is 4.94. The average Bonchev–Trinajstić information content (AvgIpc) is 2.98. The molecule has 2 aromatic heterocycles. The molecule has 0 amide bonds. The Bertz CT molecular complexity index is 973. The molecule has 0 saturated carbocycles. The molecule has 8 heteroatoms. The van der Waals surface area contributed by atoms with Gasteiger partial charge in [-0.25, -0.2) is 0 Å². The van der Waals surface area contributed by atoms with Crippen LogP contribution in [0.3, 0.4) is 0 Å². The van der Waals surface area contributed by atoms with E-state index in [0.717, 1.165) is 5.56 Å². The number of nitrogens with one attached hydrogen (secondary N) is 1. The predicted molar refractivity (Wildman–Crippen MR) is 95.4 cm³/mol. The Morgan fingerprint density at radius 1 is 1.38 bits per heavy atom. The van der Waals surface area contributed by atoms with Gasteiger partial charge in [0.1, 0.15) is 15.3 Å². The van der Waals surface area contributed by atoms with E-state index in [0.29, 0.717) is 20.5 Å². The zero-order valence-corrected chi connectivity index (χ0v) is 14.6. The summed E-state index contributed by atoms with van der Waals surface area (Å²) in [4.78, 5) is 15.7. The van der Waals surface area contributed by atoms with E-state index in [4.69, 9.17) is 9.84 Å². The Morgan fingerprint density at radius 3 is 2.79 bits per heavy atom. The first-order chi connectivity index (χ1) is 11.7. The summed E-state index contributed by atoms with van der Waals surface area (Å²) in [6, 6.07) is 11.3. The largest absolute Gasteiger partial charge is 0.394 e. The Morgan fingerprint density at radius 2 is 2.12 bits per heavy atom. The maximum atomic E-state index is 12.6. The van der Waals surface area contributed by atoms with Crippen molar-refractivity contribution in [2.75, 3.05) is 13.2 Å². The molecular weight excluding hydrogens is 423 g/mol. The molecule has 0 fully saturated rings. The molecule has 0 atom stereocenters. The lowest BCUT2D eigenvalue weighted by atomic mass is 10.1. The fourth-order valence-corrected chi connectivity index (χ4v) is 2.91. The van der Waals surface area contributed by atoms with Crippen LogP contribution in [0.4, 0.5) is 0 Å². The van der Waals surface area contributed by atoms with E-state index in [-0.39, 0.29) is 31.1 Å². The summed E-state index contributed by atoms with van der Waals surface area (Å²) < 4.78 is 6.95. The molecule has 0 unspecified atom stereocenters. The lowest BCUT2D eigenvalue weighted by Gasteiger charge is -2.07. The second-order valence-electron chi connectivity index (χ2n) is 4.96. The van der Waals surface area contributed by atoms with Gasteiger partial charge in [0.15, 0.2) is 5.69 Å². The topological polar surface area (TPSA) is 103 Å². The second-order valence-corrected chi connectivity index (χ2v) is 6.04. The first-order valence-electron chi connectivity index (χ1n) is 7.15. The number of hydrogen-bond donors (Lipinski definition) is 2. The summed E-state index contributed by atoms with van der Waals surface area (Å²) in [6.45, 7) is 0.243. The summed E-state index contributed by atoms with van der Waals surface area (Å²) in [5.74, 6) is 0. The quantitative estimate of drug-likeness (QED) is 0.468. The minimum absolute atomic E-state index is 0.0937. The molecule has 0 bridgehead atoms. The van der Waals surface area contributed by atoms with E-state index in [9.17, 15) is 10.1 Å². The van der Waals surface area contributed by atoms with Crippen LogP contribution >= 0.6 is 22.6 Å². The van der Waals surface area contributed by atoms with E-state index < -0.39 is 0 Å². The van der Waals surface area contributed by atoms with Gasteiger partial charge in [-0.15, -0.1) is 0 Å². The van der Waals surface area contributed by atoms with Crippen molar-refractivity contribution in [1.82, 2.24) is 14.6 Å². The molecule has 3 rings (SSSR count). The number of hydrogen-bond acceptors (Lipinski definition) is 5. The third kappa shape index (κ3) is 2.93. The lowest BCUT2D eigenvalue weighted by Crippen LogP contribution is -2.21. The molecule has 122 valence electrons. The van der Waals surface area contributed by atoms with Gasteiger partial charge in [-0.1, -0.05) is 30.3 Å². The Hall–Kier alpha value is -2.22. The van der Waals surface area contributed by atoms with Crippen molar-refractivity contribution in [3.63, 3.8) is 0 Å². The van der Waals surface area contributed by atoms with Gasteiger partial charge in [0.25, 0.3) is 5.56 Å². The molecule has 0 radical (unpaired) electrons. The second kappa shape index (κ2) is 7.12. The van der Waals surface area contributed by atoms with Gasteiger partial charge in [-0.05, 0) is 28.2 Å². The number of nitriles is 1. The maximum absolute atomic E-state index is 12.6. The number of benzene rings is 1. The molecule has 0 aliphatic heterocycles. The zero-order valence-electron chi connectivity index (χ0n) is 12.5. The fourth-order valence-electron chi connectivity index (χ4n) is 2.40. The molecular formula is C16H13IN4O3. The number of halogens is 1. The zero-order chi connectivity index (χ0) is 17.1. The summed E-state index contributed by atoms with van der Waals surface area (Å²) >= 11 is 1.92. The lowest BCUT2D eigenvalue weighted by molar-refractivity contribution is 0.0793. The van der Waals surface area contributed by atoms with Crippen molar-refractivity contribution in [3.05, 3.63) is 55.6 Å². The van der Waals surface area contributed by atoms with Crippen LogP contribution in [0.2, 0.25) is 0 Å². The number of nitrogens with zero attached hydrogens (tertiary/aromatic N) is 3. The average molecular weight is 436 g/mol.